The number of ether oxygens (including phenoxy) is 2. The zero-order valence-corrected chi connectivity index (χ0v) is 13.1. The molecule has 1 aromatic carbocycles. The number of aliphatic hydroxyl groups is 1. The molecule has 0 aromatic heterocycles. The molecule has 0 saturated heterocycles. The number of hydrogen-bond acceptors (Lipinski definition) is 5. The molecule has 1 fully saturated rings. The first-order valence-electron chi connectivity index (χ1n) is 8.00. The number of carbonyl (C=O) groups excluding carboxylic acids is 1. The molecule has 0 heterocycles. The summed E-state index contributed by atoms with van der Waals surface area (Å²) in [5, 5.41) is 9.14. The van der Waals surface area contributed by atoms with Gasteiger partial charge in [-0.15, -0.1) is 0 Å². The molecule has 122 valence electrons. The maximum Gasteiger partial charge on any atom is 0.314 e. The Balaban J connectivity index is 2.12. The highest BCUT2D eigenvalue weighted by Crippen LogP contribution is 2.32. The van der Waals surface area contributed by atoms with Crippen LogP contribution in [-0.4, -0.2) is 24.3 Å². The Morgan fingerprint density at radius 3 is 2.68 bits per heavy atom. The van der Waals surface area contributed by atoms with E-state index in [-0.39, 0.29) is 18.5 Å². The van der Waals surface area contributed by atoms with E-state index in [0.717, 1.165) is 31.2 Å². The summed E-state index contributed by atoms with van der Waals surface area (Å²) in [7, 11) is 0. The summed E-state index contributed by atoms with van der Waals surface area (Å²) in [5.74, 6) is 0.724. The molecule has 1 atom stereocenters. The van der Waals surface area contributed by atoms with Gasteiger partial charge in [-0.05, 0) is 37.5 Å². The second-order valence-electron chi connectivity index (χ2n) is 5.68. The van der Waals surface area contributed by atoms with Crippen molar-refractivity contribution in [3.8, 4) is 11.5 Å². The Morgan fingerprint density at radius 2 is 2.05 bits per heavy atom. The third-order valence-corrected chi connectivity index (χ3v) is 4.04. The molecule has 3 N–H and O–H groups in total. The molecule has 2 rings (SSSR count). The number of hydrogen-bond donors (Lipinski definition) is 2. The van der Waals surface area contributed by atoms with Gasteiger partial charge in [0.25, 0.3) is 0 Å². The van der Waals surface area contributed by atoms with Crippen LogP contribution < -0.4 is 15.2 Å². The molecular formula is C17H25NO4. The highest BCUT2D eigenvalue weighted by atomic mass is 16.6. The first-order valence-corrected chi connectivity index (χ1v) is 8.00. The summed E-state index contributed by atoms with van der Waals surface area (Å²) in [6, 6.07) is 4.71. The standard InChI is InChI=1S/C17H25NO4/c1-2-21-16-10-13(14(18)11-19)8-9-15(16)22-17(20)12-6-4-3-5-7-12/h8-10,12,14,19H,2-7,11,18H2,1H3/t14-/m0/s1. The van der Waals surface area contributed by atoms with Gasteiger partial charge in [0, 0.05) is 0 Å². The average molecular weight is 307 g/mol. The molecule has 0 radical (unpaired) electrons. The Morgan fingerprint density at radius 1 is 1.32 bits per heavy atom. The van der Waals surface area contributed by atoms with Crippen LogP contribution in [0.4, 0.5) is 0 Å². The monoisotopic (exact) mass is 307 g/mol. The molecule has 0 bridgehead atoms. The summed E-state index contributed by atoms with van der Waals surface area (Å²) < 4.78 is 11.1. The molecule has 1 aliphatic rings. The van der Waals surface area contributed by atoms with E-state index in [0.29, 0.717) is 18.1 Å². The minimum absolute atomic E-state index is 0.0115. The van der Waals surface area contributed by atoms with E-state index >= 15 is 0 Å². The topological polar surface area (TPSA) is 81.8 Å². The van der Waals surface area contributed by atoms with Crippen molar-refractivity contribution in [3.05, 3.63) is 23.8 Å². The highest BCUT2D eigenvalue weighted by molar-refractivity contribution is 5.76. The van der Waals surface area contributed by atoms with E-state index in [1.54, 1.807) is 18.2 Å². The van der Waals surface area contributed by atoms with Crippen LogP contribution in [-0.2, 0) is 4.79 Å². The van der Waals surface area contributed by atoms with Gasteiger partial charge >= 0.3 is 5.97 Å². The SMILES string of the molecule is CCOc1cc([C@@H](N)CO)ccc1OC(=O)C1CCCCC1. The average Bonchev–Trinajstić information content (AvgIpc) is 2.56. The van der Waals surface area contributed by atoms with Gasteiger partial charge in [0.1, 0.15) is 0 Å². The van der Waals surface area contributed by atoms with Crippen molar-refractivity contribution < 1.29 is 19.4 Å². The predicted molar refractivity (Wildman–Crippen MR) is 83.8 cm³/mol. The van der Waals surface area contributed by atoms with Crippen LogP contribution in [0.15, 0.2) is 18.2 Å². The lowest BCUT2D eigenvalue weighted by atomic mass is 9.89. The first kappa shape index (κ1) is 16.8. The smallest absolute Gasteiger partial charge is 0.314 e. The van der Waals surface area contributed by atoms with E-state index in [1.165, 1.54) is 6.42 Å². The highest BCUT2D eigenvalue weighted by Gasteiger charge is 2.24. The first-order chi connectivity index (χ1) is 10.7. The molecule has 5 heteroatoms. The molecule has 1 aromatic rings. The molecular weight excluding hydrogens is 282 g/mol. The van der Waals surface area contributed by atoms with Gasteiger partial charge in [0.05, 0.1) is 25.2 Å². The van der Waals surface area contributed by atoms with Crippen molar-refractivity contribution in [1.29, 1.82) is 0 Å². The number of rotatable bonds is 6. The molecule has 0 amide bonds. The fourth-order valence-corrected chi connectivity index (χ4v) is 2.74. The maximum absolute atomic E-state index is 12.3. The van der Waals surface area contributed by atoms with Crippen molar-refractivity contribution in [2.45, 2.75) is 45.1 Å². The minimum atomic E-state index is -0.470. The van der Waals surface area contributed by atoms with Crippen LogP contribution in [0.25, 0.3) is 0 Å². The number of benzene rings is 1. The zero-order chi connectivity index (χ0) is 15.9. The largest absolute Gasteiger partial charge is 0.490 e. The Kier molecular flexibility index (Phi) is 6.21. The van der Waals surface area contributed by atoms with Crippen LogP contribution in [0.3, 0.4) is 0 Å². The Labute approximate surface area is 131 Å². The van der Waals surface area contributed by atoms with Crippen LogP contribution in [0.5, 0.6) is 11.5 Å². The number of aliphatic hydroxyl groups excluding tert-OH is 1. The minimum Gasteiger partial charge on any atom is -0.490 e. The van der Waals surface area contributed by atoms with Gasteiger partial charge in [0.2, 0.25) is 0 Å². The third kappa shape index (κ3) is 4.21. The van der Waals surface area contributed by atoms with Crippen molar-refractivity contribution in [3.63, 3.8) is 0 Å². The van der Waals surface area contributed by atoms with Gasteiger partial charge in [-0.3, -0.25) is 4.79 Å². The van der Waals surface area contributed by atoms with E-state index in [4.69, 9.17) is 20.3 Å². The molecule has 1 aliphatic carbocycles. The van der Waals surface area contributed by atoms with Gasteiger partial charge in [-0.2, -0.15) is 0 Å². The quantitative estimate of drug-likeness (QED) is 0.623. The summed E-state index contributed by atoms with van der Waals surface area (Å²) in [4.78, 5) is 12.3. The van der Waals surface area contributed by atoms with Crippen molar-refractivity contribution in [2.75, 3.05) is 13.2 Å². The number of esters is 1. The lowest BCUT2D eigenvalue weighted by Crippen LogP contribution is -2.23. The van der Waals surface area contributed by atoms with Crippen LogP contribution in [0.2, 0.25) is 0 Å². The molecule has 5 nitrogen and oxygen atoms in total. The fraction of sp³-hybridized carbons (Fsp3) is 0.588. The lowest BCUT2D eigenvalue weighted by molar-refractivity contribution is -0.140. The van der Waals surface area contributed by atoms with Crippen molar-refractivity contribution in [1.82, 2.24) is 0 Å². The normalized spacial score (nSPS) is 17.0. The van der Waals surface area contributed by atoms with Gasteiger partial charge < -0.3 is 20.3 Å². The molecule has 0 unspecified atom stereocenters. The van der Waals surface area contributed by atoms with Crippen LogP contribution in [0, 0.1) is 5.92 Å². The van der Waals surface area contributed by atoms with Crippen LogP contribution in [0.1, 0.15) is 50.6 Å². The number of carbonyl (C=O) groups is 1. The summed E-state index contributed by atoms with van der Waals surface area (Å²) in [5.41, 5.74) is 6.57. The number of nitrogens with two attached hydrogens (primary N) is 1. The summed E-state index contributed by atoms with van der Waals surface area (Å²) in [6.07, 6.45) is 5.17. The van der Waals surface area contributed by atoms with Crippen molar-refractivity contribution in [2.24, 2.45) is 11.7 Å². The van der Waals surface area contributed by atoms with Crippen molar-refractivity contribution >= 4 is 5.97 Å². The Bertz CT molecular complexity index is 497. The second-order valence-corrected chi connectivity index (χ2v) is 5.68. The van der Waals surface area contributed by atoms with E-state index in [1.807, 2.05) is 6.92 Å². The molecule has 0 aliphatic heterocycles. The second kappa shape index (κ2) is 8.15. The molecule has 1 saturated carbocycles. The summed E-state index contributed by atoms with van der Waals surface area (Å²) in [6.45, 7) is 2.18. The van der Waals surface area contributed by atoms with Gasteiger partial charge in [-0.25, -0.2) is 0 Å². The molecule has 22 heavy (non-hydrogen) atoms. The Hall–Kier alpha value is -1.59. The lowest BCUT2D eigenvalue weighted by Gasteiger charge is -2.21. The van der Waals surface area contributed by atoms with E-state index in [2.05, 4.69) is 0 Å². The van der Waals surface area contributed by atoms with E-state index in [9.17, 15) is 4.79 Å². The predicted octanol–water partition coefficient (Wildman–Crippen LogP) is 2.56. The summed E-state index contributed by atoms with van der Waals surface area (Å²) >= 11 is 0. The zero-order valence-electron chi connectivity index (χ0n) is 13.1. The third-order valence-electron chi connectivity index (χ3n) is 4.04. The van der Waals surface area contributed by atoms with E-state index < -0.39 is 6.04 Å². The van der Waals surface area contributed by atoms with Crippen LogP contribution >= 0.6 is 0 Å². The van der Waals surface area contributed by atoms with Gasteiger partial charge in [-0.1, -0.05) is 25.3 Å². The maximum atomic E-state index is 12.3. The fourth-order valence-electron chi connectivity index (χ4n) is 2.74. The molecule has 0 spiro atoms. The van der Waals surface area contributed by atoms with Gasteiger partial charge in [0.15, 0.2) is 11.5 Å².